The van der Waals surface area contributed by atoms with Gasteiger partial charge in [0, 0.05) is 0 Å². The number of hydrogen-bond acceptors (Lipinski definition) is 18. The van der Waals surface area contributed by atoms with Crippen molar-refractivity contribution in [3.8, 4) is 34.5 Å². The van der Waals surface area contributed by atoms with Gasteiger partial charge >= 0.3 is 177 Å². The third-order valence-corrected chi connectivity index (χ3v) is 25.1. The SMILES string of the molecule is O=S(=O)(O)c1ccc(Cc2cc3c([O-])c(c2)Cc2cc(Cc4ccc(S(=O)(=O)O)cc4)cc(c2[O-])Cc2cc(Cc4ccc(S(=O)(=O)O)cc4)cc(c2[O-])Cc2cc(Cc4ccc(S(=O)(=O)O)cc4)cc(c2[O-])Cc2cc(Cc4ccc(S(=O)(=O)O)cc4)cc(c2[O-])Cc2cc(Cc4ccc(S(=O)(=O)O)cc4)cc(c2[O-])C3)cc1.[Na+].[Na+].[Na+].[Na+].[Na+].[Na+]. The van der Waals surface area contributed by atoms with Crippen LogP contribution in [0.25, 0.3) is 0 Å². The molecule has 0 fully saturated rings. The molecule has 0 atom stereocenters. The summed E-state index contributed by atoms with van der Waals surface area (Å²) in [6.07, 6.45) is -2.72. The van der Waals surface area contributed by atoms with Crippen LogP contribution in [0.15, 0.2) is 248 Å². The molecule has 36 heteroatoms. The van der Waals surface area contributed by atoms with E-state index in [1.807, 2.05) is 0 Å². The fraction of sp³-hybridized carbons (Fsp3) is 0.143. The van der Waals surface area contributed by atoms with Crippen molar-refractivity contribution in [3.05, 3.63) is 352 Å². The topological polar surface area (TPSA) is 465 Å². The number of hydrogen-bond donors (Lipinski definition) is 6. The molecule has 120 heavy (non-hydrogen) atoms. The van der Waals surface area contributed by atoms with Gasteiger partial charge in [-0.3, -0.25) is 27.3 Å². The molecule has 1 aliphatic carbocycles. The average molecular weight is 1790 g/mol. The molecule has 0 radical (unpaired) electrons. The molecule has 0 unspecified atom stereocenters. The van der Waals surface area contributed by atoms with Crippen molar-refractivity contribution in [2.24, 2.45) is 0 Å². The van der Waals surface area contributed by atoms with E-state index < -0.39 is 163 Å². The Morgan fingerprint density at radius 2 is 0.267 bits per heavy atom. The Hall–Kier alpha value is -5.10. The fourth-order valence-electron chi connectivity index (χ4n) is 14.5. The van der Waals surface area contributed by atoms with Crippen LogP contribution < -0.4 is 208 Å². The van der Waals surface area contributed by atoms with E-state index >= 15 is 30.6 Å². The predicted molar refractivity (Wildman–Crippen MR) is 407 cm³/mol. The summed E-state index contributed by atoms with van der Waals surface area (Å²) in [6, 6.07) is 49.6. The van der Waals surface area contributed by atoms with Crippen LogP contribution in [0, 0.1) is 0 Å². The summed E-state index contributed by atoms with van der Waals surface area (Å²) in [7, 11) is -27.9. The maximum atomic E-state index is 15.7. The molecule has 13 rings (SSSR count). The van der Waals surface area contributed by atoms with Crippen LogP contribution >= 0.6 is 0 Å². The van der Waals surface area contributed by atoms with Crippen molar-refractivity contribution in [2.75, 3.05) is 0 Å². The zero-order chi connectivity index (χ0) is 81.7. The maximum absolute atomic E-state index is 15.7. The standard InChI is InChI=1S/C84H72O24S6.6Na/c85-79-61-31-55(25-49-1-13-73(14-2-49)109(91,92)93)32-62(79)44-64-34-57(27-51-5-17-75(18-6-51)111(97,98)99)36-66(81(64)87)46-68-38-59(29-53-9-21-77(22-10-53)113(103,104)105)40-70(83(68)89)48-72-42-60(30-54-11-23-78(24-12-54)114(106,107)108)41-71(84(72)90)47-69-39-58(28-52-7-19-76(20-8-52)112(100,101)102)37-67(82(69)88)45-65-35-56(33-63(43-61)80(65)86)26-50-3-15-74(16-4-50)110(94,95)96;;;;;;/h1-24,31-42,85-90H,25-30,43-48H2,(H,91,92,93)(H,94,95,96)(H,97,98,99)(H,100,101,102)(H,103,104,105)(H,106,107,108);;;;;;/q;6*+1/p-6. The first-order valence-corrected chi connectivity index (χ1v) is 43.5. The van der Waals surface area contributed by atoms with E-state index in [4.69, 9.17) is 0 Å². The Morgan fingerprint density at radius 3 is 0.350 bits per heavy atom. The molecular weight excluding hydrogens is 1720 g/mol. The molecular formula is C84H66Na6O24S6. The van der Waals surface area contributed by atoms with Gasteiger partial charge in [0.25, 0.3) is 60.7 Å². The number of benzene rings is 12. The first-order chi connectivity index (χ1) is 53.6. The van der Waals surface area contributed by atoms with Gasteiger partial charge in [-0.2, -0.15) is 50.5 Å². The van der Waals surface area contributed by atoms with E-state index in [-0.39, 0.29) is 283 Å². The Balaban J connectivity index is 0.00000331. The second kappa shape index (κ2) is 41.6. The number of fused-ring (bicyclic) bond motifs is 12. The van der Waals surface area contributed by atoms with Crippen molar-refractivity contribution < 1.29 is 286 Å². The van der Waals surface area contributed by atoms with E-state index in [1.54, 1.807) is 0 Å². The first-order valence-electron chi connectivity index (χ1n) is 34.9. The van der Waals surface area contributed by atoms with Gasteiger partial charge in [0.15, 0.2) is 0 Å². The summed E-state index contributed by atoms with van der Waals surface area (Å²) >= 11 is 0. The van der Waals surface area contributed by atoms with Crippen LogP contribution in [-0.4, -0.2) is 77.8 Å². The molecule has 24 nitrogen and oxygen atoms in total. The van der Waals surface area contributed by atoms with Crippen molar-refractivity contribution >= 4 is 60.7 Å². The molecule has 12 aromatic rings. The molecule has 12 aromatic carbocycles. The van der Waals surface area contributed by atoms with Gasteiger partial charge in [-0.1, -0.05) is 212 Å². The monoisotopic (exact) mass is 1790 g/mol. The summed E-state index contributed by atoms with van der Waals surface area (Å²) in [5.41, 5.74) is 5.24. The summed E-state index contributed by atoms with van der Waals surface area (Å²) < 4.78 is 206. The molecule has 0 saturated carbocycles. The van der Waals surface area contributed by atoms with Crippen molar-refractivity contribution in [3.63, 3.8) is 0 Å². The average Bonchev–Trinajstić information content (AvgIpc) is 0.784. The second-order valence-electron chi connectivity index (χ2n) is 28.3. The molecule has 0 amide bonds. The molecule has 6 N–H and O–H groups in total. The minimum atomic E-state index is -4.66. The third kappa shape index (κ3) is 25.6. The van der Waals surface area contributed by atoms with Gasteiger partial charge in [0.1, 0.15) is 0 Å². The second-order valence-corrected chi connectivity index (χ2v) is 36.8. The normalized spacial score (nSPS) is 12.4. The van der Waals surface area contributed by atoms with Crippen molar-refractivity contribution in [1.29, 1.82) is 0 Å². The summed E-state index contributed by atoms with van der Waals surface area (Å²) in [5.74, 6) is -3.91. The third-order valence-electron chi connectivity index (χ3n) is 19.9. The summed E-state index contributed by atoms with van der Waals surface area (Å²) in [5, 5.41) is 94.0. The largest absolute Gasteiger partial charge is 1.00 e. The molecule has 0 aromatic heterocycles. The van der Waals surface area contributed by atoms with Gasteiger partial charge in [-0.05, 0) is 217 Å². The quantitative estimate of drug-likeness (QED) is 0.0343. The Bertz CT molecular complexity index is 5400. The zero-order valence-electron chi connectivity index (χ0n) is 65.8. The van der Waals surface area contributed by atoms with E-state index in [0.717, 1.165) is 0 Å². The van der Waals surface area contributed by atoms with Gasteiger partial charge in [-0.25, -0.2) is 0 Å². The van der Waals surface area contributed by atoms with Crippen LogP contribution in [0.2, 0.25) is 0 Å². The van der Waals surface area contributed by atoms with Crippen LogP contribution in [0.1, 0.15) is 134 Å². The van der Waals surface area contributed by atoms with E-state index in [9.17, 15) is 77.8 Å². The minimum absolute atomic E-state index is 0. The smallest absolute Gasteiger partial charge is 0.872 e. The van der Waals surface area contributed by atoms with E-state index in [2.05, 4.69) is 0 Å². The molecule has 0 spiro atoms. The molecule has 588 valence electrons. The number of rotatable bonds is 18. The van der Waals surface area contributed by atoms with Crippen molar-refractivity contribution in [2.45, 2.75) is 106 Å². The van der Waals surface area contributed by atoms with Gasteiger partial charge in [-0.15, -0.1) is 34.5 Å². The maximum Gasteiger partial charge on any atom is 1.00 e. The minimum Gasteiger partial charge on any atom is -0.872 e. The van der Waals surface area contributed by atoms with Crippen molar-refractivity contribution in [1.82, 2.24) is 0 Å². The zero-order valence-corrected chi connectivity index (χ0v) is 82.7. The van der Waals surface area contributed by atoms with E-state index in [0.29, 0.717) is 66.8 Å². The summed E-state index contributed by atoms with van der Waals surface area (Å²) in [4.78, 5) is -2.52. The van der Waals surface area contributed by atoms with Crippen LogP contribution in [0.3, 0.4) is 0 Å². The summed E-state index contributed by atoms with van der Waals surface area (Å²) in [6.45, 7) is 0. The van der Waals surface area contributed by atoms with Crippen LogP contribution in [0.5, 0.6) is 34.5 Å². The van der Waals surface area contributed by atoms with Gasteiger partial charge in [0.05, 0.1) is 29.4 Å². The molecule has 12 bridgehead atoms. The Labute approximate surface area is 827 Å². The van der Waals surface area contributed by atoms with E-state index in [1.165, 1.54) is 218 Å². The van der Waals surface area contributed by atoms with Crippen LogP contribution in [0.4, 0.5) is 0 Å². The Kier molecular flexibility index (Phi) is 35.3. The Morgan fingerprint density at radius 1 is 0.175 bits per heavy atom. The van der Waals surface area contributed by atoms with Gasteiger partial charge in [0.2, 0.25) is 0 Å². The predicted octanol–water partition coefficient (Wildman–Crippen LogP) is -8.96. The molecule has 0 saturated heterocycles. The van der Waals surface area contributed by atoms with Gasteiger partial charge < -0.3 is 30.6 Å². The molecule has 0 aliphatic heterocycles. The van der Waals surface area contributed by atoms with Crippen LogP contribution in [-0.2, 0) is 138 Å². The fourth-order valence-corrected chi connectivity index (χ4v) is 17.3. The molecule has 0 heterocycles. The first kappa shape index (κ1) is 102. The molecule has 1 aliphatic rings.